The minimum absolute atomic E-state index is 0.282. The number of aryl methyl sites for hydroxylation is 1. The first-order valence-corrected chi connectivity index (χ1v) is 7.67. The second-order valence-electron chi connectivity index (χ2n) is 4.49. The molecule has 0 aliphatic heterocycles. The third-order valence-electron chi connectivity index (χ3n) is 2.99. The molecule has 2 aromatic rings. The fourth-order valence-electron chi connectivity index (χ4n) is 1.80. The number of carboxylic acid groups (broad SMARTS) is 1. The molecule has 0 unspecified atom stereocenters. The van der Waals surface area contributed by atoms with Crippen molar-refractivity contribution in [3.05, 3.63) is 23.5 Å². The average Bonchev–Trinajstić information content (AvgIpc) is 2.84. The van der Waals surface area contributed by atoms with E-state index in [2.05, 4.69) is 15.5 Å². The van der Waals surface area contributed by atoms with Crippen LogP contribution in [0, 0.1) is 6.92 Å². The Hall–Kier alpha value is -2.09. The van der Waals surface area contributed by atoms with Gasteiger partial charge in [-0.3, -0.25) is 4.79 Å². The van der Waals surface area contributed by atoms with Gasteiger partial charge in [-0.25, -0.2) is 9.78 Å². The molecule has 0 spiro atoms. The summed E-state index contributed by atoms with van der Waals surface area (Å²) in [5.41, 5.74) is 1.26. The van der Waals surface area contributed by atoms with Crippen LogP contribution in [0.2, 0.25) is 0 Å². The van der Waals surface area contributed by atoms with Crippen LogP contribution in [0.4, 0.5) is 0 Å². The number of rotatable bonds is 6. The molecular weight excluding hydrogens is 294 g/mol. The molecule has 0 aliphatic rings. The summed E-state index contributed by atoms with van der Waals surface area (Å²) < 4.78 is 4.97. The molecule has 0 saturated heterocycles. The molecule has 0 fully saturated rings. The van der Waals surface area contributed by atoms with Crippen LogP contribution in [0.15, 0.2) is 16.8 Å². The molecule has 21 heavy (non-hydrogen) atoms. The molecule has 7 nitrogen and oxygen atoms in total. The first kappa shape index (κ1) is 15.3. The number of nitrogens with one attached hydrogen (secondary N) is 1. The maximum atomic E-state index is 12.1. The van der Waals surface area contributed by atoms with Crippen molar-refractivity contribution in [3.63, 3.8) is 0 Å². The van der Waals surface area contributed by atoms with Gasteiger partial charge in [-0.2, -0.15) is 11.8 Å². The Balaban J connectivity index is 2.16. The van der Waals surface area contributed by atoms with Crippen molar-refractivity contribution >= 4 is 34.7 Å². The molecule has 0 bridgehead atoms. The van der Waals surface area contributed by atoms with Crippen LogP contribution in [0.3, 0.4) is 0 Å². The van der Waals surface area contributed by atoms with Crippen LogP contribution < -0.4 is 5.32 Å². The molecular formula is C13H15N3O4S. The molecule has 1 amide bonds. The number of nitrogens with zero attached hydrogens (tertiary/aromatic N) is 2. The van der Waals surface area contributed by atoms with Gasteiger partial charge >= 0.3 is 5.97 Å². The molecule has 1 atom stereocenters. The number of amides is 1. The Morgan fingerprint density at radius 2 is 2.29 bits per heavy atom. The van der Waals surface area contributed by atoms with E-state index in [0.717, 1.165) is 0 Å². The van der Waals surface area contributed by atoms with E-state index in [1.54, 1.807) is 13.0 Å². The summed E-state index contributed by atoms with van der Waals surface area (Å²) in [6.45, 7) is 1.74. The van der Waals surface area contributed by atoms with Crippen LogP contribution in [-0.2, 0) is 4.79 Å². The van der Waals surface area contributed by atoms with Crippen molar-refractivity contribution in [2.45, 2.75) is 19.4 Å². The van der Waals surface area contributed by atoms with Crippen molar-refractivity contribution in [2.24, 2.45) is 0 Å². The Bertz CT molecular complexity index is 670. The number of carboxylic acids is 1. The Labute approximate surface area is 125 Å². The number of carbonyl (C=O) groups excluding carboxylic acids is 1. The number of carbonyl (C=O) groups is 2. The third kappa shape index (κ3) is 3.52. The van der Waals surface area contributed by atoms with E-state index in [1.807, 2.05) is 6.26 Å². The molecule has 2 heterocycles. The van der Waals surface area contributed by atoms with Crippen molar-refractivity contribution in [3.8, 4) is 0 Å². The summed E-state index contributed by atoms with van der Waals surface area (Å²) in [4.78, 5) is 27.3. The SMILES string of the molecule is CSCC[C@@H](NC(=O)c1cnc2onc(C)c2c1)C(=O)O. The van der Waals surface area contributed by atoms with Crippen LogP contribution in [0.25, 0.3) is 11.1 Å². The summed E-state index contributed by atoms with van der Waals surface area (Å²) in [5.74, 6) is -0.870. The lowest BCUT2D eigenvalue weighted by Gasteiger charge is -2.13. The predicted molar refractivity (Wildman–Crippen MR) is 78.4 cm³/mol. The van der Waals surface area contributed by atoms with Gasteiger partial charge in [0.15, 0.2) is 0 Å². The normalized spacial score (nSPS) is 12.3. The fourth-order valence-corrected chi connectivity index (χ4v) is 2.28. The van der Waals surface area contributed by atoms with Gasteiger partial charge < -0.3 is 14.9 Å². The number of thioether (sulfide) groups is 1. The molecule has 0 saturated carbocycles. The molecule has 2 rings (SSSR count). The summed E-state index contributed by atoms with van der Waals surface area (Å²) in [7, 11) is 0. The van der Waals surface area contributed by atoms with Crippen LogP contribution in [-0.4, -0.2) is 45.2 Å². The highest BCUT2D eigenvalue weighted by atomic mass is 32.2. The second kappa shape index (κ2) is 6.57. The van der Waals surface area contributed by atoms with Crippen LogP contribution in [0.1, 0.15) is 22.5 Å². The lowest BCUT2D eigenvalue weighted by Crippen LogP contribution is -2.41. The van der Waals surface area contributed by atoms with Gasteiger partial charge in [0, 0.05) is 6.20 Å². The van der Waals surface area contributed by atoms with Gasteiger partial charge in [-0.1, -0.05) is 5.16 Å². The Morgan fingerprint density at radius 1 is 1.52 bits per heavy atom. The zero-order valence-corrected chi connectivity index (χ0v) is 12.4. The topological polar surface area (TPSA) is 105 Å². The van der Waals surface area contributed by atoms with E-state index >= 15 is 0 Å². The van der Waals surface area contributed by atoms with Crippen molar-refractivity contribution in [2.75, 3.05) is 12.0 Å². The number of aromatic nitrogens is 2. The zero-order valence-electron chi connectivity index (χ0n) is 11.6. The smallest absolute Gasteiger partial charge is 0.326 e. The highest BCUT2D eigenvalue weighted by Crippen LogP contribution is 2.16. The number of fused-ring (bicyclic) bond motifs is 1. The van der Waals surface area contributed by atoms with Crippen molar-refractivity contribution in [1.29, 1.82) is 0 Å². The zero-order chi connectivity index (χ0) is 15.4. The quantitative estimate of drug-likeness (QED) is 0.832. The van der Waals surface area contributed by atoms with Gasteiger partial charge in [0.25, 0.3) is 11.6 Å². The first-order chi connectivity index (χ1) is 10.0. The van der Waals surface area contributed by atoms with Crippen molar-refractivity contribution < 1.29 is 19.2 Å². The first-order valence-electron chi connectivity index (χ1n) is 6.27. The molecule has 0 aliphatic carbocycles. The molecule has 0 radical (unpaired) electrons. The van der Waals surface area contributed by atoms with Gasteiger partial charge in [0.2, 0.25) is 0 Å². The van der Waals surface area contributed by atoms with Gasteiger partial charge in [0.05, 0.1) is 16.6 Å². The number of hydrogen-bond acceptors (Lipinski definition) is 6. The minimum atomic E-state index is -1.05. The van der Waals surface area contributed by atoms with E-state index in [1.165, 1.54) is 18.0 Å². The lowest BCUT2D eigenvalue weighted by atomic mass is 10.1. The molecule has 0 aromatic carbocycles. The fraction of sp³-hybridized carbons (Fsp3) is 0.385. The van der Waals surface area contributed by atoms with E-state index < -0.39 is 17.9 Å². The summed E-state index contributed by atoms with van der Waals surface area (Å²) in [6.07, 6.45) is 3.59. The minimum Gasteiger partial charge on any atom is -0.480 e. The third-order valence-corrected chi connectivity index (χ3v) is 3.63. The van der Waals surface area contributed by atoms with Crippen LogP contribution >= 0.6 is 11.8 Å². The highest BCUT2D eigenvalue weighted by molar-refractivity contribution is 7.98. The number of aliphatic carboxylic acids is 1. The maximum Gasteiger partial charge on any atom is 0.326 e. The predicted octanol–water partition coefficient (Wildman–Crippen LogP) is 1.47. The number of hydrogen-bond donors (Lipinski definition) is 2. The monoisotopic (exact) mass is 309 g/mol. The second-order valence-corrected chi connectivity index (χ2v) is 5.48. The van der Waals surface area contributed by atoms with Gasteiger partial charge in [-0.05, 0) is 31.4 Å². The molecule has 2 aromatic heterocycles. The largest absolute Gasteiger partial charge is 0.480 e. The van der Waals surface area contributed by atoms with E-state index in [0.29, 0.717) is 29.0 Å². The molecule has 8 heteroatoms. The van der Waals surface area contributed by atoms with Crippen LogP contribution in [0.5, 0.6) is 0 Å². The summed E-state index contributed by atoms with van der Waals surface area (Å²) >= 11 is 1.53. The van der Waals surface area contributed by atoms with E-state index in [-0.39, 0.29) is 5.56 Å². The standard InChI is InChI=1S/C13H15N3O4S/c1-7-9-5-8(6-14-12(9)20-16-7)11(17)15-10(13(18)19)3-4-21-2/h5-6,10H,3-4H2,1-2H3,(H,15,17)(H,18,19)/t10-/m1/s1. The Morgan fingerprint density at radius 3 is 2.95 bits per heavy atom. The lowest BCUT2D eigenvalue weighted by molar-refractivity contribution is -0.139. The Kier molecular flexibility index (Phi) is 4.79. The number of pyridine rings is 1. The summed E-state index contributed by atoms with van der Waals surface area (Å²) in [6, 6.07) is 0.681. The molecule has 112 valence electrons. The average molecular weight is 309 g/mol. The van der Waals surface area contributed by atoms with E-state index in [9.17, 15) is 9.59 Å². The van der Waals surface area contributed by atoms with Crippen molar-refractivity contribution in [1.82, 2.24) is 15.5 Å². The molecule has 2 N–H and O–H groups in total. The van der Waals surface area contributed by atoms with Gasteiger partial charge in [0.1, 0.15) is 6.04 Å². The van der Waals surface area contributed by atoms with E-state index in [4.69, 9.17) is 9.63 Å². The highest BCUT2D eigenvalue weighted by Gasteiger charge is 2.21. The van der Waals surface area contributed by atoms with Gasteiger partial charge in [-0.15, -0.1) is 0 Å². The summed E-state index contributed by atoms with van der Waals surface area (Å²) in [5, 5.41) is 16.0. The maximum absolute atomic E-state index is 12.1.